The lowest BCUT2D eigenvalue weighted by Gasteiger charge is -2.13. The van der Waals surface area contributed by atoms with Gasteiger partial charge in [0, 0.05) is 11.3 Å². The number of nitrogens with zero attached hydrogens (tertiary/aromatic N) is 1. The van der Waals surface area contributed by atoms with Crippen LogP contribution < -0.4 is 0 Å². The van der Waals surface area contributed by atoms with Gasteiger partial charge in [-0.2, -0.15) is 0 Å². The smallest absolute Gasteiger partial charge is 0.0691 e. The summed E-state index contributed by atoms with van der Waals surface area (Å²) in [7, 11) is 0. The van der Waals surface area contributed by atoms with E-state index in [1.807, 2.05) is 0 Å². The molecule has 0 radical (unpaired) electrons. The molecule has 0 amide bonds. The molecule has 0 N–H and O–H groups in total. The molecule has 1 aliphatic carbocycles. The predicted octanol–water partition coefficient (Wildman–Crippen LogP) is 6.49. The maximum atomic E-state index is 5.00. The van der Waals surface area contributed by atoms with E-state index in [-0.39, 0.29) is 0 Å². The summed E-state index contributed by atoms with van der Waals surface area (Å²) in [6, 6.07) is 13.0. The molecule has 0 bridgehead atoms. The minimum absolute atomic E-state index is 1.01. The summed E-state index contributed by atoms with van der Waals surface area (Å²) < 4.78 is 0. The van der Waals surface area contributed by atoms with Crippen LogP contribution in [0.15, 0.2) is 59.1 Å². The number of aryl methyl sites for hydroxylation is 3. The largest absolute Gasteiger partial charge is 0.253 e. The van der Waals surface area contributed by atoms with E-state index in [0.29, 0.717) is 0 Å². The van der Waals surface area contributed by atoms with Gasteiger partial charge in [0.1, 0.15) is 0 Å². The van der Waals surface area contributed by atoms with Gasteiger partial charge in [0.15, 0.2) is 0 Å². The first-order valence-corrected chi connectivity index (χ1v) is 8.56. The minimum Gasteiger partial charge on any atom is -0.253 e. The molecule has 0 saturated heterocycles. The van der Waals surface area contributed by atoms with Crippen molar-refractivity contribution in [2.45, 2.75) is 41.0 Å². The Kier molecular flexibility index (Phi) is 4.53. The number of aliphatic imine (C=N–C) groups is 1. The molecule has 0 aromatic heterocycles. The summed E-state index contributed by atoms with van der Waals surface area (Å²) in [6.07, 6.45) is 5.47. The first kappa shape index (κ1) is 16.4. The van der Waals surface area contributed by atoms with Crippen molar-refractivity contribution in [1.82, 2.24) is 0 Å². The molecule has 0 spiro atoms. The summed E-state index contributed by atoms with van der Waals surface area (Å²) in [6.45, 7) is 10.7. The van der Waals surface area contributed by atoms with Gasteiger partial charge in [-0.05, 0) is 68.9 Å². The molecule has 24 heavy (non-hydrogen) atoms. The highest BCUT2D eigenvalue weighted by atomic mass is 14.8. The van der Waals surface area contributed by atoms with Gasteiger partial charge in [-0.25, -0.2) is 0 Å². The lowest BCUT2D eigenvalue weighted by Crippen LogP contribution is -2.01. The van der Waals surface area contributed by atoms with Crippen molar-refractivity contribution < 1.29 is 0 Å². The standard InChI is InChI=1S/C23H25N/c1-15-13-17(3)23(18(4)14-15)24-19(5)21-10-6-7-11-22(21)20-12-8-9-16(20)2/h6-11,13-14H,12H2,1-5H3/b24-19+. The van der Waals surface area contributed by atoms with Gasteiger partial charge in [-0.15, -0.1) is 0 Å². The predicted molar refractivity (Wildman–Crippen MR) is 105 cm³/mol. The fraction of sp³-hybridized carbons (Fsp3) is 0.261. The molecular formula is C23H25N. The topological polar surface area (TPSA) is 12.4 Å². The molecule has 0 atom stereocenters. The Bertz CT molecular complexity index is 856. The Morgan fingerprint density at radius 1 is 0.958 bits per heavy atom. The second-order valence-corrected chi connectivity index (χ2v) is 6.76. The highest BCUT2D eigenvalue weighted by Gasteiger charge is 2.14. The summed E-state index contributed by atoms with van der Waals surface area (Å²) in [4.78, 5) is 5.00. The van der Waals surface area contributed by atoms with Gasteiger partial charge in [-0.3, -0.25) is 4.99 Å². The van der Waals surface area contributed by atoms with E-state index in [2.05, 4.69) is 83.2 Å². The van der Waals surface area contributed by atoms with Crippen molar-refractivity contribution in [1.29, 1.82) is 0 Å². The van der Waals surface area contributed by atoms with Crippen LogP contribution in [-0.4, -0.2) is 5.71 Å². The SMILES string of the molecule is CC1=C(c2ccccc2/C(C)=N/c2c(C)cc(C)cc2C)CC=C1. The van der Waals surface area contributed by atoms with Crippen LogP contribution in [0.1, 0.15) is 48.1 Å². The fourth-order valence-corrected chi connectivity index (χ4v) is 3.58. The van der Waals surface area contributed by atoms with E-state index in [9.17, 15) is 0 Å². The number of hydrogen-bond acceptors (Lipinski definition) is 1. The first-order valence-electron chi connectivity index (χ1n) is 8.56. The Balaban J connectivity index is 2.09. The lowest BCUT2D eigenvalue weighted by atomic mass is 9.94. The molecule has 0 fully saturated rings. The van der Waals surface area contributed by atoms with Crippen LogP contribution in [-0.2, 0) is 0 Å². The van der Waals surface area contributed by atoms with E-state index in [1.165, 1.54) is 39.0 Å². The maximum absolute atomic E-state index is 5.00. The van der Waals surface area contributed by atoms with Crippen molar-refractivity contribution in [3.63, 3.8) is 0 Å². The molecule has 2 aromatic carbocycles. The lowest BCUT2D eigenvalue weighted by molar-refractivity contribution is 1.28. The van der Waals surface area contributed by atoms with E-state index in [1.54, 1.807) is 0 Å². The van der Waals surface area contributed by atoms with Crippen LogP contribution in [0.3, 0.4) is 0 Å². The molecule has 0 unspecified atom stereocenters. The van der Waals surface area contributed by atoms with E-state index in [0.717, 1.165) is 17.8 Å². The van der Waals surface area contributed by atoms with Gasteiger partial charge < -0.3 is 0 Å². The third-order valence-electron chi connectivity index (χ3n) is 4.72. The van der Waals surface area contributed by atoms with Crippen LogP contribution in [0, 0.1) is 20.8 Å². The van der Waals surface area contributed by atoms with Gasteiger partial charge >= 0.3 is 0 Å². The highest BCUT2D eigenvalue weighted by Crippen LogP contribution is 2.32. The summed E-state index contributed by atoms with van der Waals surface area (Å²) in [5.74, 6) is 0. The van der Waals surface area contributed by atoms with Gasteiger partial charge in [0.2, 0.25) is 0 Å². The molecule has 122 valence electrons. The third-order valence-corrected chi connectivity index (χ3v) is 4.72. The van der Waals surface area contributed by atoms with E-state index < -0.39 is 0 Å². The molecule has 0 heterocycles. The third kappa shape index (κ3) is 3.12. The Labute approximate surface area is 145 Å². The van der Waals surface area contributed by atoms with Crippen LogP contribution in [0.5, 0.6) is 0 Å². The van der Waals surface area contributed by atoms with Crippen molar-refractivity contribution in [2.24, 2.45) is 4.99 Å². The molecule has 1 nitrogen and oxygen atoms in total. The number of hydrogen-bond donors (Lipinski definition) is 0. The molecule has 1 heteroatoms. The van der Waals surface area contributed by atoms with Gasteiger partial charge in [-0.1, -0.05) is 54.1 Å². The van der Waals surface area contributed by atoms with Crippen molar-refractivity contribution in [3.05, 3.63) is 81.9 Å². The van der Waals surface area contributed by atoms with Crippen LogP contribution in [0.4, 0.5) is 5.69 Å². The van der Waals surface area contributed by atoms with E-state index >= 15 is 0 Å². The summed E-state index contributed by atoms with van der Waals surface area (Å²) in [5.41, 5.74) is 11.3. The molecule has 2 aromatic rings. The average Bonchev–Trinajstić information content (AvgIpc) is 2.96. The molecule has 0 aliphatic heterocycles. The van der Waals surface area contributed by atoms with Crippen LogP contribution in [0.2, 0.25) is 0 Å². The molecular weight excluding hydrogens is 290 g/mol. The van der Waals surface area contributed by atoms with Crippen molar-refractivity contribution >= 4 is 17.0 Å². The normalized spacial score (nSPS) is 14.6. The quantitative estimate of drug-likeness (QED) is 0.574. The maximum Gasteiger partial charge on any atom is 0.0691 e. The number of benzene rings is 2. The second kappa shape index (κ2) is 6.60. The average molecular weight is 315 g/mol. The summed E-state index contributed by atoms with van der Waals surface area (Å²) >= 11 is 0. The fourth-order valence-electron chi connectivity index (χ4n) is 3.58. The van der Waals surface area contributed by atoms with Crippen molar-refractivity contribution in [2.75, 3.05) is 0 Å². The second-order valence-electron chi connectivity index (χ2n) is 6.76. The van der Waals surface area contributed by atoms with E-state index in [4.69, 9.17) is 4.99 Å². The number of rotatable bonds is 3. The first-order chi connectivity index (χ1) is 11.5. The molecule has 1 aliphatic rings. The highest BCUT2D eigenvalue weighted by molar-refractivity contribution is 6.05. The van der Waals surface area contributed by atoms with Gasteiger partial charge in [0.05, 0.1) is 5.69 Å². The van der Waals surface area contributed by atoms with Gasteiger partial charge in [0.25, 0.3) is 0 Å². The van der Waals surface area contributed by atoms with Crippen LogP contribution >= 0.6 is 0 Å². The van der Waals surface area contributed by atoms with Crippen LogP contribution in [0.25, 0.3) is 5.57 Å². The minimum atomic E-state index is 1.01. The molecule has 0 saturated carbocycles. The zero-order valence-corrected chi connectivity index (χ0v) is 15.3. The zero-order valence-electron chi connectivity index (χ0n) is 15.3. The Morgan fingerprint density at radius 3 is 2.25 bits per heavy atom. The molecule has 3 rings (SSSR count). The zero-order chi connectivity index (χ0) is 17.3. The summed E-state index contributed by atoms with van der Waals surface area (Å²) in [5, 5.41) is 0. The monoisotopic (exact) mass is 315 g/mol. The van der Waals surface area contributed by atoms with Crippen molar-refractivity contribution in [3.8, 4) is 0 Å². The Morgan fingerprint density at radius 2 is 1.62 bits per heavy atom. The Hall–Kier alpha value is -2.41. The number of allylic oxidation sites excluding steroid dienone is 4.